The smallest absolute Gasteiger partial charge is 0.134 e. The van der Waals surface area contributed by atoms with Gasteiger partial charge in [-0.05, 0) is 19.4 Å². The van der Waals surface area contributed by atoms with Crippen molar-refractivity contribution >= 4 is 11.6 Å². The molecule has 5 nitrogen and oxygen atoms in total. The highest BCUT2D eigenvalue weighted by atomic mass is 15.3. The van der Waals surface area contributed by atoms with Crippen molar-refractivity contribution in [2.45, 2.75) is 25.3 Å². The van der Waals surface area contributed by atoms with Crippen molar-refractivity contribution in [3.63, 3.8) is 0 Å². The Labute approximate surface area is 108 Å². The molecule has 1 N–H and O–H groups in total. The quantitative estimate of drug-likeness (QED) is 0.850. The van der Waals surface area contributed by atoms with E-state index in [9.17, 15) is 0 Å². The molecule has 3 rings (SSSR count). The number of anilines is 2. The average molecular weight is 247 g/mol. The third-order valence-electron chi connectivity index (χ3n) is 4.07. The van der Waals surface area contributed by atoms with Crippen molar-refractivity contribution in [1.29, 1.82) is 0 Å². The van der Waals surface area contributed by atoms with Gasteiger partial charge in [-0.15, -0.1) is 0 Å². The Morgan fingerprint density at radius 3 is 3.06 bits per heavy atom. The minimum atomic E-state index is 0.723. The molecule has 0 amide bonds. The first-order chi connectivity index (χ1) is 8.86. The molecule has 2 aliphatic rings. The van der Waals surface area contributed by atoms with Crippen molar-refractivity contribution in [3.8, 4) is 0 Å². The molecule has 0 bridgehead atoms. The maximum atomic E-state index is 4.40. The number of rotatable bonds is 2. The lowest BCUT2D eigenvalue weighted by molar-refractivity contribution is 0.133. The van der Waals surface area contributed by atoms with Gasteiger partial charge in [0.1, 0.15) is 18.0 Å². The number of nitrogens with one attached hydrogen (secondary N) is 1. The molecule has 1 unspecified atom stereocenters. The van der Waals surface area contributed by atoms with Gasteiger partial charge in [-0.25, -0.2) is 9.97 Å². The van der Waals surface area contributed by atoms with Crippen LogP contribution in [0.1, 0.15) is 19.3 Å². The molecule has 1 aromatic heterocycles. The summed E-state index contributed by atoms with van der Waals surface area (Å²) in [4.78, 5) is 13.6. The van der Waals surface area contributed by atoms with E-state index in [4.69, 9.17) is 0 Å². The summed E-state index contributed by atoms with van der Waals surface area (Å²) in [5.74, 6) is 1.95. The molecule has 2 fully saturated rings. The molecule has 3 heterocycles. The number of hydrogen-bond donors (Lipinski definition) is 1. The lowest BCUT2D eigenvalue weighted by Crippen LogP contribution is -2.55. The maximum absolute atomic E-state index is 4.40. The SMILES string of the molecule is CNc1cc(N2CCN3CCCCC3C2)ncn1. The van der Waals surface area contributed by atoms with E-state index in [1.807, 2.05) is 13.1 Å². The number of aromatic nitrogens is 2. The highest BCUT2D eigenvalue weighted by Gasteiger charge is 2.29. The summed E-state index contributed by atoms with van der Waals surface area (Å²) in [5, 5.41) is 3.07. The molecule has 0 radical (unpaired) electrons. The van der Waals surface area contributed by atoms with E-state index in [0.29, 0.717) is 0 Å². The lowest BCUT2D eigenvalue weighted by atomic mass is 9.99. The Morgan fingerprint density at radius 2 is 2.17 bits per heavy atom. The molecule has 1 aromatic rings. The molecule has 98 valence electrons. The Hall–Kier alpha value is -1.36. The standard InChI is InChI=1S/C13H21N5/c1-14-12-8-13(16-10-15-12)18-7-6-17-5-3-2-4-11(17)9-18/h8,10-11H,2-7,9H2,1H3,(H,14,15,16). The molecule has 0 aromatic carbocycles. The monoisotopic (exact) mass is 247 g/mol. The molecular weight excluding hydrogens is 226 g/mol. The van der Waals surface area contributed by atoms with E-state index < -0.39 is 0 Å². The van der Waals surface area contributed by atoms with Crippen LogP contribution in [0, 0.1) is 0 Å². The Balaban J connectivity index is 1.72. The number of piperidine rings is 1. The Morgan fingerprint density at radius 1 is 1.22 bits per heavy atom. The number of hydrogen-bond acceptors (Lipinski definition) is 5. The van der Waals surface area contributed by atoms with Gasteiger partial charge in [-0.3, -0.25) is 4.90 Å². The fourth-order valence-electron chi connectivity index (χ4n) is 3.02. The zero-order valence-electron chi connectivity index (χ0n) is 11.0. The maximum Gasteiger partial charge on any atom is 0.134 e. The van der Waals surface area contributed by atoms with Crippen LogP contribution in [0.5, 0.6) is 0 Å². The van der Waals surface area contributed by atoms with Crippen LogP contribution in [0.4, 0.5) is 11.6 Å². The van der Waals surface area contributed by atoms with E-state index in [2.05, 4.69) is 25.1 Å². The van der Waals surface area contributed by atoms with Crippen LogP contribution in [-0.2, 0) is 0 Å². The number of fused-ring (bicyclic) bond motifs is 1. The lowest BCUT2D eigenvalue weighted by Gasteiger charge is -2.44. The molecule has 5 heteroatoms. The van der Waals surface area contributed by atoms with Crippen LogP contribution < -0.4 is 10.2 Å². The van der Waals surface area contributed by atoms with E-state index in [0.717, 1.165) is 30.8 Å². The largest absolute Gasteiger partial charge is 0.373 e. The number of nitrogens with zero attached hydrogens (tertiary/aromatic N) is 4. The van der Waals surface area contributed by atoms with Gasteiger partial charge in [0, 0.05) is 38.8 Å². The van der Waals surface area contributed by atoms with Crippen molar-refractivity contribution in [2.75, 3.05) is 43.4 Å². The molecule has 0 saturated carbocycles. The van der Waals surface area contributed by atoms with Crippen molar-refractivity contribution in [1.82, 2.24) is 14.9 Å². The third-order valence-corrected chi connectivity index (χ3v) is 4.07. The van der Waals surface area contributed by atoms with E-state index in [1.54, 1.807) is 6.33 Å². The highest BCUT2D eigenvalue weighted by molar-refractivity contribution is 5.48. The summed E-state index contributed by atoms with van der Waals surface area (Å²) in [6.07, 6.45) is 5.73. The summed E-state index contributed by atoms with van der Waals surface area (Å²) in [7, 11) is 1.89. The first kappa shape index (κ1) is 11.7. The topological polar surface area (TPSA) is 44.3 Å². The molecule has 0 aliphatic carbocycles. The first-order valence-corrected chi connectivity index (χ1v) is 6.85. The van der Waals surface area contributed by atoms with Crippen molar-refractivity contribution in [3.05, 3.63) is 12.4 Å². The average Bonchev–Trinajstić information content (AvgIpc) is 2.47. The van der Waals surface area contributed by atoms with Crippen LogP contribution >= 0.6 is 0 Å². The van der Waals surface area contributed by atoms with Crippen LogP contribution in [0.3, 0.4) is 0 Å². The van der Waals surface area contributed by atoms with Gasteiger partial charge in [0.2, 0.25) is 0 Å². The predicted molar refractivity (Wildman–Crippen MR) is 73.0 cm³/mol. The van der Waals surface area contributed by atoms with Crippen LogP contribution in [0.25, 0.3) is 0 Å². The second-order valence-corrected chi connectivity index (χ2v) is 5.14. The van der Waals surface area contributed by atoms with Gasteiger partial charge >= 0.3 is 0 Å². The molecule has 0 spiro atoms. The molecular formula is C13H21N5. The van der Waals surface area contributed by atoms with Crippen LogP contribution in [-0.4, -0.2) is 54.1 Å². The van der Waals surface area contributed by atoms with Crippen molar-refractivity contribution < 1.29 is 0 Å². The molecule has 2 aliphatic heterocycles. The first-order valence-electron chi connectivity index (χ1n) is 6.85. The van der Waals surface area contributed by atoms with E-state index in [-0.39, 0.29) is 0 Å². The number of piperazine rings is 1. The van der Waals surface area contributed by atoms with E-state index in [1.165, 1.54) is 32.4 Å². The summed E-state index contributed by atoms with van der Waals surface area (Å²) < 4.78 is 0. The fraction of sp³-hybridized carbons (Fsp3) is 0.692. The van der Waals surface area contributed by atoms with Gasteiger partial charge in [-0.2, -0.15) is 0 Å². The van der Waals surface area contributed by atoms with Gasteiger partial charge in [-0.1, -0.05) is 6.42 Å². The summed E-state index contributed by atoms with van der Waals surface area (Å²) in [6, 6.07) is 2.76. The Bertz CT molecular complexity index is 408. The zero-order valence-corrected chi connectivity index (χ0v) is 11.0. The van der Waals surface area contributed by atoms with Gasteiger partial charge in [0.25, 0.3) is 0 Å². The molecule has 1 atom stereocenters. The third kappa shape index (κ3) is 2.27. The Kier molecular flexibility index (Phi) is 3.32. The second-order valence-electron chi connectivity index (χ2n) is 5.14. The van der Waals surface area contributed by atoms with Crippen LogP contribution in [0.2, 0.25) is 0 Å². The van der Waals surface area contributed by atoms with Crippen LogP contribution in [0.15, 0.2) is 12.4 Å². The van der Waals surface area contributed by atoms with Crippen molar-refractivity contribution in [2.24, 2.45) is 0 Å². The second kappa shape index (κ2) is 5.10. The van der Waals surface area contributed by atoms with Gasteiger partial charge in [0.15, 0.2) is 0 Å². The van der Waals surface area contributed by atoms with E-state index >= 15 is 0 Å². The minimum Gasteiger partial charge on any atom is -0.373 e. The zero-order chi connectivity index (χ0) is 12.4. The molecule has 2 saturated heterocycles. The summed E-state index contributed by atoms with van der Waals surface area (Å²) in [5.41, 5.74) is 0. The summed E-state index contributed by atoms with van der Waals surface area (Å²) in [6.45, 7) is 4.64. The fourth-order valence-corrected chi connectivity index (χ4v) is 3.02. The normalized spacial score (nSPS) is 24.7. The minimum absolute atomic E-state index is 0.723. The molecule has 18 heavy (non-hydrogen) atoms. The highest BCUT2D eigenvalue weighted by Crippen LogP contribution is 2.24. The van der Waals surface area contributed by atoms with Gasteiger partial charge < -0.3 is 10.2 Å². The van der Waals surface area contributed by atoms with Gasteiger partial charge in [0.05, 0.1) is 0 Å². The predicted octanol–water partition coefficient (Wildman–Crippen LogP) is 1.19. The summed E-state index contributed by atoms with van der Waals surface area (Å²) >= 11 is 0.